The van der Waals surface area contributed by atoms with Gasteiger partial charge in [0.2, 0.25) is 0 Å². The standard InChI is InChI=1S/C23H19BN2/c1-16-11-13-17(14-12-16)19-7-2-8-20(15-19)24-25-21-9-3-5-18-6-4-10-22(26-24)23(18)21/h2-15,25-26H,1H3. The van der Waals surface area contributed by atoms with E-state index >= 15 is 0 Å². The zero-order valence-corrected chi connectivity index (χ0v) is 14.7. The van der Waals surface area contributed by atoms with Crippen LogP contribution in [0.1, 0.15) is 5.56 Å². The number of hydrogen-bond donors (Lipinski definition) is 2. The highest BCUT2D eigenvalue weighted by Crippen LogP contribution is 2.33. The average molecular weight is 334 g/mol. The summed E-state index contributed by atoms with van der Waals surface area (Å²) in [6, 6.07) is 30.3. The van der Waals surface area contributed by atoms with Crippen molar-refractivity contribution in [1.82, 2.24) is 0 Å². The Kier molecular flexibility index (Phi) is 3.46. The molecule has 1 heterocycles. The van der Waals surface area contributed by atoms with Gasteiger partial charge in [0.15, 0.2) is 0 Å². The molecule has 0 fully saturated rings. The van der Waals surface area contributed by atoms with Crippen molar-refractivity contribution >= 4 is 34.6 Å². The van der Waals surface area contributed by atoms with Gasteiger partial charge in [0.05, 0.1) is 0 Å². The van der Waals surface area contributed by atoms with Crippen molar-refractivity contribution in [2.24, 2.45) is 0 Å². The molecule has 0 amide bonds. The van der Waals surface area contributed by atoms with Crippen LogP contribution in [0, 0.1) is 6.92 Å². The summed E-state index contributed by atoms with van der Waals surface area (Å²) >= 11 is 0. The quantitative estimate of drug-likeness (QED) is 0.501. The van der Waals surface area contributed by atoms with Crippen molar-refractivity contribution < 1.29 is 0 Å². The molecule has 1 aliphatic rings. The second-order valence-corrected chi connectivity index (χ2v) is 6.92. The molecule has 26 heavy (non-hydrogen) atoms. The summed E-state index contributed by atoms with van der Waals surface area (Å²) in [5, 5.41) is 9.83. The van der Waals surface area contributed by atoms with Crippen LogP contribution < -0.4 is 15.9 Å². The third-order valence-corrected chi connectivity index (χ3v) is 5.11. The first-order chi connectivity index (χ1) is 12.8. The van der Waals surface area contributed by atoms with Crippen LogP contribution in [-0.4, -0.2) is 6.98 Å². The summed E-state index contributed by atoms with van der Waals surface area (Å²) in [5.74, 6) is 0. The molecule has 2 N–H and O–H groups in total. The molecule has 0 atom stereocenters. The fraction of sp³-hybridized carbons (Fsp3) is 0.0435. The average Bonchev–Trinajstić information content (AvgIpc) is 2.69. The van der Waals surface area contributed by atoms with Crippen LogP contribution in [0.25, 0.3) is 21.9 Å². The molecule has 3 heteroatoms. The summed E-state index contributed by atoms with van der Waals surface area (Å²) in [7, 11) is 0. The first-order valence-corrected chi connectivity index (χ1v) is 9.00. The van der Waals surface area contributed by atoms with E-state index in [0.29, 0.717) is 0 Å². The fourth-order valence-electron chi connectivity index (χ4n) is 3.74. The highest BCUT2D eigenvalue weighted by Gasteiger charge is 2.25. The molecule has 0 radical (unpaired) electrons. The smallest absolute Gasteiger partial charge is 0.405 e. The number of aryl methyl sites for hydroxylation is 1. The number of anilines is 2. The molecule has 5 rings (SSSR count). The van der Waals surface area contributed by atoms with Gasteiger partial charge >= 0.3 is 6.98 Å². The number of nitrogens with one attached hydrogen (secondary N) is 2. The molecule has 0 saturated carbocycles. The molecule has 1 aliphatic heterocycles. The number of benzene rings is 4. The van der Waals surface area contributed by atoms with Crippen LogP contribution >= 0.6 is 0 Å². The SMILES string of the molecule is Cc1ccc(-c2cccc(B3Nc4cccc5cccc(c45)N3)c2)cc1. The molecule has 0 bridgehead atoms. The summed E-state index contributed by atoms with van der Waals surface area (Å²) in [4.78, 5) is 0. The van der Waals surface area contributed by atoms with E-state index in [1.807, 2.05) is 0 Å². The van der Waals surface area contributed by atoms with Gasteiger partial charge in [-0.15, -0.1) is 0 Å². The Bertz CT molecular complexity index is 1060. The fourth-order valence-corrected chi connectivity index (χ4v) is 3.74. The zero-order chi connectivity index (χ0) is 17.5. The lowest BCUT2D eigenvalue weighted by atomic mass is 9.65. The topological polar surface area (TPSA) is 24.1 Å². The van der Waals surface area contributed by atoms with Crippen molar-refractivity contribution in [3.8, 4) is 11.1 Å². The second kappa shape index (κ2) is 5.96. The van der Waals surface area contributed by atoms with Gasteiger partial charge in [0, 0.05) is 16.8 Å². The number of hydrogen-bond acceptors (Lipinski definition) is 2. The van der Waals surface area contributed by atoms with E-state index in [-0.39, 0.29) is 6.98 Å². The molecule has 4 aromatic carbocycles. The molecule has 0 spiro atoms. The van der Waals surface area contributed by atoms with E-state index in [9.17, 15) is 0 Å². The Hall–Kier alpha value is -3.20. The van der Waals surface area contributed by atoms with Gasteiger partial charge in [0.25, 0.3) is 0 Å². The second-order valence-electron chi connectivity index (χ2n) is 6.92. The van der Waals surface area contributed by atoms with Gasteiger partial charge in [-0.1, -0.05) is 78.4 Å². The molecular weight excluding hydrogens is 315 g/mol. The lowest BCUT2D eigenvalue weighted by Crippen LogP contribution is -2.47. The first-order valence-electron chi connectivity index (χ1n) is 9.00. The van der Waals surface area contributed by atoms with E-state index in [1.54, 1.807) is 0 Å². The van der Waals surface area contributed by atoms with Crippen LogP contribution in [0.4, 0.5) is 11.4 Å². The molecular formula is C23H19BN2. The van der Waals surface area contributed by atoms with Crippen LogP contribution in [0.5, 0.6) is 0 Å². The molecule has 0 aromatic heterocycles. The van der Waals surface area contributed by atoms with E-state index in [4.69, 9.17) is 0 Å². The highest BCUT2D eigenvalue weighted by molar-refractivity contribution is 6.80. The van der Waals surface area contributed by atoms with Crippen LogP contribution in [-0.2, 0) is 0 Å². The van der Waals surface area contributed by atoms with Gasteiger partial charge in [-0.2, -0.15) is 0 Å². The van der Waals surface area contributed by atoms with E-state index in [2.05, 4.69) is 102 Å². The molecule has 2 nitrogen and oxygen atoms in total. The van der Waals surface area contributed by atoms with E-state index in [1.165, 1.54) is 44.3 Å². The predicted molar refractivity (Wildman–Crippen MR) is 113 cm³/mol. The maximum Gasteiger partial charge on any atom is 0.406 e. The van der Waals surface area contributed by atoms with E-state index in [0.717, 1.165) is 0 Å². The lowest BCUT2D eigenvalue weighted by molar-refractivity contribution is 1.47. The Morgan fingerprint density at radius 3 is 2.00 bits per heavy atom. The van der Waals surface area contributed by atoms with Crippen molar-refractivity contribution in [3.63, 3.8) is 0 Å². The van der Waals surface area contributed by atoms with Gasteiger partial charge in [-0.25, -0.2) is 0 Å². The van der Waals surface area contributed by atoms with Gasteiger partial charge in [0.1, 0.15) is 0 Å². The summed E-state index contributed by atoms with van der Waals surface area (Å²) in [6.45, 7) is 2.18. The van der Waals surface area contributed by atoms with Crippen LogP contribution in [0.3, 0.4) is 0 Å². The van der Waals surface area contributed by atoms with Crippen molar-refractivity contribution in [3.05, 3.63) is 90.5 Å². The van der Waals surface area contributed by atoms with Gasteiger partial charge in [-0.05, 0) is 41.0 Å². The minimum atomic E-state index is 0.0564. The van der Waals surface area contributed by atoms with Crippen LogP contribution in [0.2, 0.25) is 0 Å². The molecule has 124 valence electrons. The number of rotatable bonds is 2. The van der Waals surface area contributed by atoms with Crippen LogP contribution in [0.15, 0.2) is 84.9 Å². The minimum absolute atomic E-state index is 0.0564. The zero-order valence-electron chi connectivity index (χ0n) is 14.7. The predicted octanol–water partition coefficient (Wildman–Crippen LogP) is 5.05. The Morgan fingerprint density at radius 2 is 1.31 bits per heavy atom. The molecule has 4 aromatic rings. The van der Waals surface area contributed by atoms with Gasteiger partial charge < -0.3 is 10.5 Å². The summed E-state index contributed by atoms with van der Waals surface area (Å²) < 4.78 is 0. The van der Waals surface area contributed by atoms with Gasteiger partial charge in [-0.3, -0.25) is 0 Å². The normalized spacial score (nSPS) is 12.6. The van der Waals surface area contributed by atoms with Crippen molar-refractivity contribution in [1.29, 1.82) is 0 Å². The monoisotopic (exact) mass is 334 g/mol. The Balaban J connectivity index is 1.53. The maximum absolute atomic E-state index is 3.65. The first kappa shape index (κ1) is 15.1. The minimum Gasteiger partial charge on any atom is -0.405 e. The third kappa shape index (κ3) is 2.53. The third-order valence-electron chi connectivity index (χ3n) is 5.11. The maximum atomic E-state index is 3.65. The molecule has 0 unspecified atom stereocenters. The summed E-state index contributed by atoms with van der Waals surface area (Å²) in [5.41, 5.74) is 7.36. The largest absolute Gasteiger partial charge is 0.406 e. The molecule has 0 aliphatic carbocycles. The highest BCUT2D eigenvalue weighted by atomic mass is 15.0. The summed E-state index contributed by atoms with van der Waals surface area (Å²) in [6.07, 6.45) is 0. The Morgan fingerprint density at radius 1 is 0.654 bits per heavy atom. The lowest BCUT2D eigenvalue weighted by Gasteiger charge is -2.27. The Labute approximate surface area is 154 Å². The van der Waals surface area contributed by atoms with Crippen molar-refractivity contribution in [2.75, 3.05) is 10.5 Å². The van der Waals surface area contributed by atoms with E-state index < -0.39 is 0 Å². The van der Waals surface area contributed by atoms with Crippen molar-refractivity contribution in [2.45, 2.75) is 6.92 Å². The molecule has 0 saturated heterocycles.